The van der Waals surface area contributed by atoms with E-state index in [2.05, 4.69) is 23.2 Å². The molecule has 0 saturated carbocycles. The van der Waals surface area contributed by atoms with E-state index in [4.69, 9.17) is 0 Å². The van der Waals surface area contributed by atoms with Crippen LogP contribution in [0.25, 0.3) is 10.9 Å². The van der Waals surface area contributed by atoms with Crippen molar-refractivity contribution in [3.05, 3.63) is 77.0 Å². The average molecular weight is 277 g/mol. The minimum absolute atomic E-state index is 0.863. The highest BCUT2D eigenvalue weighted by Gasteiger charge is 2.27. The molecule has 3 rings (SSSR count). The number of aliphatic hydroxyl groups is 1. The maximum atomic E-state index is 11.1. The second-order valence-electron chi connectivity index (χ2n) is 5.80. The van der Waals surface area contributed by atoms with Crippen molar-refractivity contribution in [3.63, 3.8) is 0 Å². The number of aromatic nitrogens is 1. The number of rotatable bonds is 2. The van der Waals surface area contributed by atoms with E-state index in [1.165, 1.54) is 0 Å². The number of hydrogen-bond acceptors (Lipinski definition) is 2. The third kappa shape index (κ3) is 2.43. The number of hydrogen-bond donors (Lipinski definition) is 1. The van der Waals surface area contributed by atoms with Crippen LogP contribution in [0, 0.1) is 13.8 Å². The van der Waals surface area contributed by atoms with Crippen LogP contribution < -0.4 is 0 Å². The van der Waals surface area contributed by atoms with Gasteiger partial charge in [0.05, 0.1) is 5.52 Å². The summed E-state index contributed by atoms with van der Waals surface area (Å²) in [5.41, 5.74) is 3.92. The first kappa shape index (κ1) is 13.8. The molecule has 1 aromatic heterocycles. The Morgan fingerprint density at radius 1 is 1.00 bits per heavy atom. The van der Waals surface area contributed by atoms with Gasteiger partial charge >= 0.3 is 0 Å². The van der Waals surface area contributed by atoms with Crippen molar-refractivity contribution in [1.29, 1.82) is 0 Å². The summed E-state index contributed by atoms with van der Waals surface area (Å²) >= 11 is 0. The van der Waals surface area contributed by atoms with Gasteiger partial charge in [0.15, 0.2) is 0 Å². The van der Waals surface area contributed by atoms with E-state index < -0.39 is 5.60 Å². The first-order chi connectivity index (χ1) is 9.98. The summed E-state index contributed by atoms with van der Waals surface area (Å²) in [7, 11) is 0. The number of nitrogens with zero attached hydrogens (tertiary/aromatic N) is 1. The first-order valence-electron chi connectivity index (χ1n) is 7.14. The highest BCUT2D eigenvalue weighted by atomic mass is 16.3. The zero-order chi connectivity index (χ0) is 15.0. The topological polar surface area (TPSA) is 33.1 Å². The highest BCUT2D eigenvalue weighted by Crippen LogP contribution is 2.33. The summed E-state index contributed by atoms with van der Waals surface area (Å²) in [6.07, 6.45) is 1.78. The summed E-state index contributed by atoms with van der Waals surface area (Å²) < 4.78 is 0. The number of pyridine rings is 1. The van der Waals surface area contributed by atoms with Crippen LogP contribution in [0.1, 0.15) is 29.2 Å². The van der Waals surface area contributed by atoms with Crippen LogP contribution in [-0.4, -0.2) is 10.1 Å². The fraction of sp³-hybridized carbons (Fsp3) is 0.211. The summed E-state index contributed by atoms with van der Waals surface area (Å²) in [5, 5.41) is 12.2. The van der Waals surface area contributed by atoms with Gasteiger partial charge in [0.2, 0.25) is 0 Å². The SMILES string of the molecule is Cc1ccc(C)c(C(C)(O)c2ccc3cccnc3c2)c1. The van der Waals surface area contributed by atoms with Crippen molar-refractivity contribution in [3.8, 4) is 0 Å². The normalized spacial score (nSPS) is 14.1. The molecule has 2 heteroatoms. The van der Waals surface area contributed by atoms with Crippen molar-refractivity contribution in [2.24, 2.45) is 0 Å². The Hall–Kier alpha value is -2.19. The smallest absolute Gasteiger partial charge is 0.112 e. The van der Waals surface area contributed by atoms with E-state index in [9.17, 15) is 5.11 Å². The Labute approximate surface area is 125 Å². The van der Waals surface area contributed by atoms with Crippen LogP contribution in [0.2, 0.25) is 0 Å². The molecular formula is C19H19NO. The van der Waals surface area contributed by atoms with Gasteiger partial charge < -0.3 is 5.11 Å². The van der Waals surface area contributed by atoms with Crippen LogP contribution in [0.5, 0.6) is 0 Å². The number of fused-ring (bicyclic) bond motifs is 1. The molecule has 1 unspecified atom stereocenters. The van der Waals surface area contributed by atoms with Gasteiger partial charge in [-0.05, 0) is 49.6 Å². The van der Waals surface area contributed by atoms with Gasteiger partial charge in [-0.3, -0.25) is 4.98 Å². The molecule has 3 aromatic rings. The molecule has 1 atom stereocenters. The third-order valence-electron chi connectivity index (χ3n) is 4.09. The van der Waals surface area contributed by atoms with Gasteiger partial charge in [-0.25, -0.2) is 0 Å². The fourth-order valence-corrected chi connectivity index (χ4v) is 2.79. The molecule has 2 aromatic carbocycles. The molecule has 21 heavy (non-hydrogen) atoms. The lowest BCUT2D eigenvalue weighted by atomic mass is 9.84. The summed E-state index contributed by atoms with van der Waals surface area (Å²) in [4.78, 5) is 4.38. The zero-order valence-corrected chi connectivity index (χ0v) is 12.6. The highest BCUT2D eigenvalue weighted by molar-refractivity contribution is 5.79. The Bertz CT molecular complexity index is 806. The lowest BCUT2D eigenvalue weighted by Crippen LogP contribution is -2.24. The first-order valence-corrected chi connectivity index (χ1v) is 7.14. The van der Waals surface area contributed by atoms with Gasteiger partial charge in [0.1, 0.15) is 5.60 Å². The Balaban J connectivity index is 2.17. The lowest BCUT2D eigenvalue weighted by Gasteiger charge is -2.27. The van der Waals surface area contributed by atoms with Gasteiger partial charge in [-0.1, -0.05) is 42.0 Å². The van der Waals surface area contributed by atoms with E-state index in [-0.39, 0.29) is 0 Å². The molecule has 1 N–H and O–H groups in total. The summed E-state index contributed by atoms with van der Waals surface area (Å²) in [5.74, 6) is 0. The third-order valence-corrected chi connectivity index (χ3v) is 4.09. The van der Waals surface area contributed by atoms with Gasteiger partial charge in [0.25, 0.3) is 0 Å². The zero-order valence-electron chi connectivity index (χ0n) is 12.6. The maximum absolute atomic E-state index is 11.1. The summed E-state index contributed by atoms with van der Waals surface area (Å²) in [6.45, 7) is 5.92. The molecule has 0 bridgehead atoms. The minimum Gasteiger partial charge on any atom is -0.381 e. The van der Waals surface area contributed by atoms with E-state index in [1.807, 2.05) is 51.1 Å². The van der Waals surface area contributed by atoms with Crippen molar-refractivity contribution < 1.29 is 5.11 Å². The fourth-order valence-electron chi connectivity index (χ4n) is 2.79. The van der Waals surface area contributed by atoms with E-state index in [1.54, 1.807) is 6.20 Å². The van der Waals surface area contributed by atoms with Crippen LogP contribution in [0.15, 0.2) is 54.7 Å². The standard InChI is InChI=1S/C19H19NO/c1-13-6-7-14(2)17(11-13)19(3,21)16-9-8-15-5-4-10-20-18(15)12-16/h4-12,21H,1-3H3. The minimum atomic E-state index is -1.03. The molecule has 2 nitrogen and oxygen atoms in total. The maximum Gasteiger partial charge on any atom is 0.112 e. The predicted molar refractivity (Wildman–Crippen MR) is 86.3 cm³/mol. The van der Waals surface area contributed by atoms with Crippen molar-refractivity contribution >= 4 is 10.9 Å². The average Bonchev–Trinajstić information content (AvgIpc) is 2.49. The number of aryl methyl sites for hydroxylation is 2. The van der Waals surface area contributed by atoms with Gasteiger partial charge in [-0.15, -0.1) is 0 Å². The Morgan fingerprint density at radius 3 is 2.62 bits per heavy atom. The largest absolute Gasteiger partial charge is 0.381 e. The molecule has 0 saturated heterocycles. The molecule has 0 amide bonds. The Morgan fingerprint density at radius 2 is 1.81 bits per heavy atom. The van der Waals surface area contributed by atoms with Crippen LogP contribution >= 0.6 is 0 Å². The lowest BCUT2D eigenvalue weighted by molar-refractivity contribution is 0.102. The molecule has 0 aliphatic rings. The molecule has 106 valence electrons. The molecule has 1 heterocycles. The van der Waals surface area contributed by atoms with Crippen LogP contribution in [0.3, 0.4) is 0 Å². The van der Waals surface area contributed by atoms with E-state index in [0.29, 0.717) is 0 Å². The molecule has 0 aliphatic heterocycles. The molecule has 0 fully saturated rings. The number of benzene rings is 2. The predicted octanol–water partition coefficient (Wildman–Crippen LogP) is 4.11. The summed E-state index contributed by atoms with van der Waals surface area (Å²) in [6, 6.07) is 16.1. The molecular weight excluding hydrogens is 258 g/mol. The molecule has 0 spiro atoms. The van der Waals surface area contributed by atoms with Crippen molar-refractivity contribution in [1.82, 2.24) is 4.98 Å². The monoisotopic (exact) mass is 277 g/mol. The second kappa shape index (κ2) is 4.97. The van der Waals surface area contributed by atoms with Crippen molar-refractivity contribution in [2.75, 3.05) is 0 Å². The molecule has 0 radical (unpaired) electrons. The van der Waals surface area contributed by atoms with Crippen LogP contribution in [0.4, 0.5) is 0 Å². The van der Waals surface area contributed by atoms with Crippen LogP contribution in [-0.2, 0) is 5.60 Å². The van der Waals surface area contributed by atoms with Gasteiger partial charge in [-0.2, -0.15) is 0 Å². The van der Waals surface area contributed by atoms with Crippen molar-refractivity contribution in [2.45, 2.75) is 26.4 Å². The quantitative estimate of drug-likeness (QED) is 0.764. The van der Waals surface area contributed by atoms with E-state index in [0.717, 1.165) is 33.2 Å². The molecule has 0 aliphatic carbocycles. The second-order valence-corrected chi connectivity index (χ2v) is 5.80. The Kier molecular flexibility index (Phi) is 3.26. The van der Waals surface area contributed by atoms with Gasteiger partial charge in [0, 0.05) is 11.6 Å². The van der Waals surface area contributed by atoms with E-state index >= 15 is 0 Å².